The Balaban J connectivity index is -0.000000605. The summed E-state index contributed by atoms with van der Waals surface area (Å²) in [6.07, 6.45) is 0.648. The Kier molecular flexibility index (Phi) is 8.92. The fourth-order valence-corrected chi connectivity index (χ4v) is 1.55. The third-order valence-corrected chi connectivity index (χ3v) is 3.27. The molecule has 0 rings (SSSR count). The molecule has 0 heterocycles. The second kappa shape index (κ2) is 7.14. The van der Waals surface area contributed by atoms with E-state index in [0.717, 1.165) is 0 Å². The minimum Gasteiger partial charge on any atom is -1.00 e. The van der Waals surface area contributed by atoms with Gasteiger partial charge in [0, 0.05) is 14.1 Å². The first kappa shape index (κ1) is 16.2. The summed E-state index contributed by atoms with van der Waals surface area (Å²) in [5, 5.41) is 0. The van der Waals surface area contributed by atoms with Crippen LogP contribution in [0, 0.1) is 0 Å². The molecule has 0 saturated heterocycles. The summed E-state index contributed by atoms with van der Waals surface area (Å²) in [5.74, 6) is 0. The molecule has 0 N–H and O–H groups in total. The van der Waals surface area contributed by atoms with Gasteiger partial charge in [0.25, 0.3) is 0 Å². The molecule has 0 aromatic heterocycles. The maximum Gasteiger partial charge on any atom is 1.00 e. The van der Waals surface area contributed by atoms with Crippen LogP contribution < -0.4 is 29.6 Å². The van der Waals surface area contributed by atoms with E-state index >= 15 is 0 Å². The molecule has 0 unspecified atom stereocenters. The molecule has 0 aliphatic heterocycles. The monoisotopic (exact) mass is 235 g/mol. The molecule has 0 bridgehead atoms. The molecule has 4 nitrogen and oxygen atoms in total. The Bertz CT molecular complexity index is 256. The Morgan fingerprint density at radius 1 is 1.54 bits per heavy atom. The van der Waals surface area contributed by atoms with Gasteiger partial charge in [0.2, 0.25) is 4.32 Å². The fourth-order valence-electron chi connectivity index (χ4n) is 0.467. The smallest absolute Gasteiger partial charge is 1.00 e. The maximum atomic E-state index is 11.1. The van der Waals surface area contributed by atoms with Crippen LogP contribution in [0.5, 0.6) is 0 Å². The van der Waals surface area contributed by atoms with Crippen molar-refractivity contribution in [2.75, 3.05) is 20.7 Å². The van der Waals surface area contributed by atoms with Gasteiger partial charge in [-0.2, -0.15) is 8.42 Å². The van der Waals surface area contributed by atoms with E-state index in [1.54, 1.807) is 14.1 Å². The summed E-state index contributed by atoms with van der Waals surface area (Å²) >= 11 is 4.64. The topological polar surface area (TPSA) is 46.6 Å². The van der Waals surface area contributed by atoms with Crippen LogP contribution in [0.25, 0.3) is 0 Å². The van der Waals surface area contributed by atoms with Gasteiger partial charge in [0.05, 0.1) is 6.61 Å². The molecule has 74 valence electrons. The first-order valence-electron chi connectivity index (χ1n) is 3.52. The van der Waals surface area contributed by atoms with Crippen molar-refractivity contribution in [2.24, 2.45) is 0 Å². The average Bonchev–Trinajstić information content (AvgIpc) is 1.99. The second-order valence-corrected chi connectivity index (χ2v) is 4.61. The Hall–Kier alpha value is 0.800. The summed E-state index contributed by atoms with van der Waals surface area (Å²) in [5.41, 5.74) is 0. The molecule has 0 spiro atoms. The van der Waals surface area contributed by atoms with Gasteiger partial charge in [-0.15, -0.1) is 0 Å². The summed E-state index contributed by atoms with van der Waals surface area (Å²) < 4.78 is 26.7. The Morgan fingerprint density at radius 2 is 2.00 bits per heavy atom. The van der Waals surface area contributed by atoms with Gasteiger partial charge in [-0.1, -0.05) is 6.92 Å². The van der Waals surface area contributed by atoms with E-state index in [-0.39, 0.29) is 41.9 Å². The third kappa shape index (κ3) is 5.98. The van der Waals surface area contributed by atoms with Crippen LogP contribution in [0.15, 0.2) is 0 Å². The third-order valence-electron chi connectivity index (χ3n) is 1.02. The summed E-state index contributed by atoms with van der Waals surface area (Å²) in [6, 6.07) is 0. The van der Waals surface area contributed by atoms with Crippen molar-refractivity contribution in [2.45, 2.75) is 13.3 Å². The number of hydrogen-bond acceptors (Lipinski definition) is 4. The molecule has 0 fully saturated rings. The number of hydrogen-bond donors (Lipinski definition) is 0. The second-order valence-electron chi connectivity index (χ2n) is 2.44. The molecular formula is C6H14NNaO3S2. The van der Waals surface area contributed by atoms with Crippen molar-refractivity contribution >= 4 is 26.7 Å². The SMILES string of the molecule is CCCOS(=O)(=O)C(=S)N(C)C.[H-].[Na+]. The van der Waals surface area contributed by atoms with E-state index in [9.17, 15) is 8.42 Å². The van der Waals surface area contributed by atoms with Crippen LogP contribution in [-0.2, 0) is 14.3 Å². The molecule has 0 aliphatic rings. The first-order chi connectivity index (χ1) is 5.41. The largest absolute Gasteiger partial charge is 1.00 e. The van der Waals surface area contributed by atoms with Crippen molar-refractivity contribution in [3.63, 3.8) is 0 Å². The standard InChI is InChI=1S/C6H13NO3S2.Na.H/c1-4-5-10-12(8,9)6(11)7(2)3;;/h4-5H2,1-3H3;;/q;+1;-1. The first-order valence-corrected chi connectivity index (χ1v) is 5.34. The van der Waals surface area contributed by atoms with Crippen molar-refractivity contribution in [3.05, 3.63) is 0 Å². The zero-order valence-corrected chi connectivity index (χ0v) is 12.0. The van der Waals surface area contributed by atoms with Crippen LogP contribution in [-0.4, -0.2) is 38.3 Å². The van der Waals surface area contributed by atoms with Crippen LogP contribution in [0.2, 0.25) is 0 Å². The van der Waals surface area contributed by atoms with Gasteiger partial charge in [0.1, 0.15) is 0 Å². The molecule has 0 aliphatic carbocycles. The van der Waals surface area contributed by atoms with Crippen LogP contribution in [0.1, 0.15) is 14.8 Å². The van der Waals surface area contributed by atoms with E-state index in [1.165, 1.54) is 4.90 Å². The van der Waals surface area contributed by atoms with Crippen LogP contribution in [0.3, 0.4) is 0 Å². The van der Waals surface area contributed by atoms with Gasteiger partial charge >= 0.3 is 39.7 Å². The van der Waals surface area contributed by atoms with Crippen molar-refractivity contribution in [1.29, 1.82) is 0 Å². The van der Waals surface area contributed by atoms with Crippen molar-refractivity contribution < 1.29 is 43.6 Å². The zero-order chi connectivity index (χ0) is 9.78. The number of thiocarbonyl (C=S) groups is 1. The molecule has 7 heteroatoms. The van der Waals surface area contributed by atoms with Gasteiger partial charge in [-0.05, 0) is 18.6 Å². The normalized spacial score (nSPS) is 10.4. The number of nitrogens with zero attached hydrogens (tertiary/aromatic N) is 1. The molecule has 0 aromatic rings. The zero-order valence-electron chi connectivity index (χ0n) is 9.40. The van der Waals surface area contributed by atoms with E-state index < -0.39 is 10.1 Å². The quantitative estimate of drug-likeness (QED) is 0.313. The summed E-state index contributed by atoms with van der Waals surface area (Å²) in [6.45, 7) is 2.00. The Labute approximate surface area is 109 Å². The van der Waals surface area contributed by atoms with Gasteiger partial charge in [-0.3, -0.25) is 4.18 Å². The predicted molar refractivity (Wildman–Crippen MR) is 52.6 cm³/mol. The van der Waals surface area contributed by atoms with Gasteiger partial charge in [-0.25, -0.2) is 0 Å². The van der Waals surface area contributed by atoms with E-state index in [4.69, 9.17) is 0 Å². The van der Waals surface area contributed by atoms with Gasteiger partial charge in [0.15, 0.2) is 0 Å². The molecular weight excluding hydrogens is 221 g/mol. The minimum absolute atomic E-state index is 0. The van der Waals surface area contributed by atoms with Crippen molar-refractivity contribution in [1.82, 2.24) is 4.90 Å². The maximum absolute atomic E-state index is 11.1. The minimum atomic E-state index is -3.66. The van der Waals surface area contributed by atoms with Crippen molar-refractivity contribution in [3.8, 4) is 0 Å². The fraction of sp³-hybridized carbons (Fsp3) is 0.833. The average molecular weight is 235 g/mol. The van der Waals surface area contributed by atoms with E-state index in [1.807, 2.05) is 6.92 Å². The van der Waals surface area contributed by atoms with Gasteiger partial charge < -0.3 is 6.33 Å². The Morgan fingerprint density at radius 3 is 2.31 bits per heavy atom. The van der Waals surface area contributed by atoms with Crippen LogP contribution >= 0.6 is 12.2 Å². The number of rotatable bonds is 3. The van der Waals surface area contributed by atoms with E-state index in [2.05, 4.69) is 16.4 Å². The molecule has 0 atom stereocenters. The van der Waals surface area contributed by atoms with Crippen LogP contribution in [0.4, 0.5) is 0 Å². The summed E-state index contributed by atoms with van der Waals surface area (Å²) in [4.78, 5) is 1.33. The van der Waals surface area contributed by atoms with E-state index in [0.29, 0.717) is 6.42 Å². The summed E-state index contributed by atoms with van der Waals surface area (Å²) in [7, 11) is -0.535. The predicted octanol–water partition coefficient (Wildman–Crippen LogP) is -2.29. The molecule has 0 amide bonds. The molecule has 13 heavy (non-hydrogen) atoms. The molecule has 0 aromatic carbocycles. The molecule has 0 saturated carbocycles. The molecule has 0 radical (unpaired) electrons.